The van der Waals surface area contributed by atoms with Crippen molar-refractivity contribution in [2.45, 2.75) is 104 Å². The van der Waals surface area contributed by atoms with Gasteiger partial charge in [0.15, 0.2) is 0 Å². The smallest absolute Gasteiger partial charge is 0.386 e. The molecule has 0 aromatic heterocycles. The molecule has 23 heavy (non-hydrogen) atoms. The van der Waals surface area contributed by atoms with E-state index in [4.69, 9.17) is 9.05 Å². The van der Waals surface area contributed by atoms with Gasteiger partial charge in [0.2, 0.25) is 0 Å². The fourth-order valence-electron chi connectivity index (χ4n) is 2.19. The zero-order chi connectivity index (χ0) is 18.1. The largest absolute Gasteiger partial charge is 0.402 e. The second kappa shape index (κ2) is 10.8. The van der Waals surface area contributed by atoms with E-state index in [1.807, 2.05) is 0 Å². The molecule has 0 fully saturated rings. The average Bonchev–Trinajstić information content (AvgIpc) is 2.40. The Labute approximate surface area is 139 Å². The Morgan fingerprint density at radius 3 is 1.83 bits per heavy atom. The monoisotopic (exact) mass is 358 g/mol. The summed E-state index contributed by atoms with van der Waals surface area (Å²) in [5.74, 6) is 0. The predicted molar refractivity (Wildman–Crippen MR) is 89.0 cm³/mol. The van der Waals surface area contributed by atoms with Crippen LogP contribution in [0.1, 0.15) is 79.6 Å². The molecular weight excluding hydrogens is 325 g/mol. The molecule has 7 heteroatoms. The Morgan fingerprint density at radius 1 is 0.957 bits per heavy atom. The van der Waals surface area contributed by atoms with Crippen LogP contribution in [0.2, 0.25) is 0 Å². The van der Waals surface area contributed by atoms with Crippen molar-refractivity contribution in [2.75, 3.05) is 0 Å². The van der Waals surface area contributed by atoms with Crippen LogP contribution in [-0.2, 0) is 13.6 Å². The maximum Gasteiger partial charge on any atom is 0.402 e. The first kappa shape index (κ1) is 23.0. The quantitative estimate of drug-likeness (QED) is 0.337. The summed E-state index contributed by atoms with van der Waals surface area (Å²) >= 11 is 0. The van der Waals surface area contributed by atoms with Gasteiger partial charge in [0.25, 0.3) is 0 Å². The Kier molecular flexibility index (Phi) is 10.7. The summed E-state index contributed by atoms with van der Waals surface area (Å²) in [6.07, 6.45) is 1.96. The minimum atomic E-state index is -4.74. The van der Waals surface area contributed by atoms with Crippen LogP contribution in [0.5, 0.6) is 0 Å². The van der Waals surface area contributed by atoms with E-state index in [9.17, 15) is 18.5 Å². The van der Waals surface area contributed by atoms with Crippen molar-refractivity contribution in [3.8, 4) is 0 Å². The van der Waals surface area contributed by atoms with Crippen molar-refractivity contribution >= 4 is 7.60 Å². The van der Waals surface area contributed by atoms with Crippen molar-refractivity contribution in [2.24, 2.45) is 0 Å². The van der Waals surface area contributed by atoms with Crippen LogP contribution in [0.15, 0.2) is 0 Å². The van der Waals surface area contributed by atoms with Crippen LogP contribution >= 0.6 is 7.60 Å². The minimum Gasteiger partial charge on any atom is -0.386 e. The van der Waals surface area contributed by atoms with Crippen molar-refractivity contribution in [1.29, 1.82) is 0 Å². The van der Waals surface area contributed by atoms with Gasteiger partial charge in [-0.2, -0.15) is 8.78 Å². The molecule has 140 valence electrons. The molecule has 1 atom stereocenters. The lowest BCUT2D eigenvalue weighted by atomic mass is 10.1. The molecule has 0 aromatic carbocycles. The first-order valence-corrected chi connectivity index (χ1v) is 10.1. The van der Waals surface area contributed by atoms with Crippen LogP contribution in [0.25, 0.3) is 0 Å². The number of hydrogen-bond donors (Lipinski definition) is 1. The highest BCUT2D eigenvalue weighted by atomic mass is 31.2. The van der Waals surface area contributed by atoms with Crippen molar-refractivity contribution in [1.82, 2.24) is 0 Å². The van der Waals surface area contributed by atoms with E-state index in [0.29, 0.717) is 6.42 Å². The summed E-state index contributed by atoms with van der Waals surface area (Å²) in [4.78, 5) is 0. The molecule has 0 aliphatic heterocycles. The maximum atomic E-state index is 14.5. The van der Waals surface area contributed by atoms with Gasteiger partial charge in [0, 0.05) is 0 Å². The lowest BCUT2D eigenvalue weighted by Gasteiger charge is -2.32. The van der Waals surface area contributed by atoms with Crippen molar-refractivity contribution in [3.63, 3.8) is 0 Å². The third-order valence-electron chi connectivity index (χ3n) is 3.30. The molecule has 0 aliphatic carbocycles. The molecule has 0 aliphatic rings. The van der Waals surface area contributed by atoms with Crippen molar-refractivity contribution < 1.29 is 27.5 Å². The average molecular weight is 358 g/mol. The molecule has 1 unspecified atom stereocenters. The highest BCUT2D eigenvalue weighted by Crippen LogP contribution is 2.65. The lowest BCUT2D eigenvalue weighted by Crippen LogP contribution is -2.36. The zero-order valence-electron chi connectivity index (χ0n) is 15.1. The molecule has 0 bridgehead atoms. The lowest BCUT2D eigenvalue weighted by molar-refractivity contribution is -0.0751. The van der Waals surface area contributed by atoms with Crippen LogP contribution in [0, 0.1) is 0 Å². The molecule has 0 saturated heterocycles. The zero-order valence-corrected chi connectivity index (χ0v) is 16.0. The number of aliphatic hydroxyl groups excluding tert-OH is 1. The van der Waals surface area contributed by atoms with E-state index < -0.39 is 31.6 Å². The van der Waals surface area contributed by atoms with Gasteiger partial charge in [-0.05, 0) is 34.1 Å². The maximum absolute atomic E-state index is 14.5. The van der Waals surface area contributed by atoms with Gasteiger partial charge >= 0.3 is 13.3 Å². The number of hydrogen-bond acceptors (Lipinski definition) is 4. The van der Waals surface area contributed by atoms with Gasteiger partial charge in [0.1, 0.15) is 6.10 Å². The van der Waals surface area contributed by atoms with E-state index >= 15 is 0 Å². The number of alkyl halides is 2. The highest BCUT2D eigenvalue weighted by Gasteiger charge is 2.59. The van der Waals surface area contributed by atoms with E-state index in [-0.39, 0.29) is 6.42 Å². The molecule has 0 saturated carbocycles. The van der Waals surface area contributed by atoms with Gasteiger partial charge in [-0.15, -0.1) is 0 Å². The molecule has 0 radical (unpaired) electrons. The summed E-state index contributed by atoms with van der Waals surface area (Å²) in [7, 11) is -4.74. The molecule has 4 nitrogen and oxygen atoms in total. The van der Waals surface area contributed by atoms with E-state index in [0.717, 1.165) is 32.1 Å². The van der Waals surface area contributed by atoms with Gasteiger partial charge in [0.05, 0.1) is 12.2 Å². The van der Waals surface area contributed by atoms with Gasteiger partial charge in [-0.3, -0.25) is 4.57 Å². The standard InChI is InChI=1S/C16H33F2O4P/c1-6-7-8-9-10-11-12-15(19)16(17,18)23(20,21-13(2)3)22-14(4)5/h13-15,19H,6-12H2,1-5H3. The van der Waals surface area contributed by atoms with E-state index in [2.05, 4.69) is 6.92 Å². The van der Waals surface area contributed by atoms with Crippen LogP contribution < -0.4 is 0 Å². The van der Waals surface area contributed by atoms with Gasteiger partial charge < -0.3 is 14.2 Å². The molecular formula is C16H33F2O4P. The first-order valence-electron chi connectivity index (χ1n) is 8.59. The molecule has 0 heterocycles. The summed E-state index contributed by atoms with van der Waals surface area (Å²) < 4.78 is 51.3. The van der Waals surface area contributed by atoms with Crippen LogP contribution in [0.3, 0.4) is 0 Å². The number of aliphatic hydroxyl groups is 1. The van der Waals surface area contributed by atoms with E-state index in [1.54, 1.807) is 0 Å². The number of unbranched alkanes of at least 4 members (excludes halogenated alkanes) is 5. The summed E-state index contributed by atoms with van der Waals surface area (Å²) in [5.41, 5.74) is -3.91. The Balaban J connectivity index is 4.70. The second-order valence-electron chi connectivity index (χ2n) is 6.47. The Bertz CT molecular complexity index is 348. The van der Waals surface area contributed by atoms with Gasteiger partial charge in [-0.1, -0.05) is 45.4 Å². The normalized spacial score (nSPS) is 14.7. The molecule has 0 spiro atoms. The van der Waals surface area contributed by atoms with Crippen LogP contribution in [-0.4, -0.2) is 29.1 Å². The first-order chi connectivity index (χ1) is 10.6. The predicted octanol–water partition coefficient (Wildman–Crippen LogP) is 5.73. The Hall–Kier alpha value is -0.0300. The molecule has 0 aromatic rings. The second-order valence-corrected chi connectivity index (χ2v) is 8.48. The third kappa shape index (κ3) is 8.06. The van der Waals surface area contributed by atoms with E-state index in [1.165, 1.54) is 27.7 Å². The minimum absolute atomic E-state index is 0.119. The molecule has 1 N–H and O–H groups in total. The third-order valence-corrected chi connectivity index (χ3v) is 5.72. The summed E-state index contributed by atoms with van der Waals surface area (Å²) in [6.45, 7) is 8.13. The number of rotatable bonds is 13. The fraction of sp³-hybridized carbons (Fsp3) is 1.00. The summed E-state index contributed by atoms with van der Waals surface area (Å²) in [6, 6.07) is 0. The Morgan fingerprint density at radius 2 is 1.39 bits per heavy atom. The topological polar surface area (TPSA) is 55.8 Å². The highest BCUT2D eigenvalue weighted by molar-refractivity contribution is 7.55. The van der Waals surface area contributed by atoms with Crippen molar-refractivity contribution in [3.05, 3.63) is 0 Å². The molecule has 0 amide bonds. The fourth-order valence-corrected chi connectivity index (χ4v) is 4.13. The summed E-state index contributed by atoms with van der Waals surface area (Å²) in [5, 5.41) is 9.86. The van der Waals surface area contributed by atoms with Crippen LogP contribution in [0.4, 0.5) is 8.78 Å². The molecule has 0 rings (SSSR count). The number of halogens is 2. The SMILES string of the molecule is CCCCCCCCC(O)C(F)(F)P(=O)(OC(C)C)OC(C)C. The van der Waals surface area contributed by atoms with Gasteiger partial charge in [-0.25, -0.2) is 0 Å².